The Bertz CT molecular complexity index is 657. The van der Waals surface area contributed by atoms with Crippen LogP contribution in [0, 0.1) is 24.1 Å². The molecule has 0 fully saturated rings. The number of hydrogen-bond donors (Lipinski definition) is 0. The van der Waals surface area contributed by atoms with Gasteiger partial charge in [0, 0.05) is 11.3 Å². The van der Waals surface area contributed by atoms with Crippen LogP contribution in [-0.4, -0.2) is 9.97 Å². The third-order valence-electron chi connectivity index (χ3n) is 2.84. The highest BCUT2D eigenvalue weighted by atomic mass is 19.1. The molecule has 0 aliphatic carbocycles. The second-order valence-electron chi connectivity index (χ2n) is 4.93. The van der Waals surface area contributed by atoms with E-state index in [0.29, 0.717) is 22.8 Å². The molecule has 19 heavy (non-hydrogen) atoms. The molecule has 0 aliphatic heterocycles. The third-order valence-corrected chi connectivity index (χ3v) is 2.84. The monoisotopic (exact) mass is 255 g/mol. The molecule has 0 spiro atoms. The Hall–Kier alpha value is -2.28. The molecule has 2 aromatic rings. The first-order valence-electron chi connectivity index (χ1n) is 5.96. The summed E-state index contributed by atoms with van der Waals surface area (Å²) in [5.74, 6) is 0.0783. The highest BCUT2D eigenvalue weighted by molar-refractivity contribution is 5.60. The summed E-state index contributed by atoms with van der Waals surface area (Å²) in [6.45, 7) is 5.29. The van der Waals surface area contributed by atoms with Crippen LogP contribution in [0.5, 0.6) is 0 Å². The summed E-state index contributed by atoms with van der Waals surface area (Å²) in [6, 6.07) is 10.3. The van der Waals surface area contributed by atoms with Gasteiger partial charge in [0.1, 0.15) is 17.1 Å². The van der Waals surface area contributed by atoms with Crippen molar-refractivity contribution in [3.8, 4) is 17.3 Å². The molecule has 1 heterocycles. The average molecular weight is 255 g/mol. The molecule has 0 saturated carbocycles. The van der Waals surface area contributed by atoms with Gasteiger partial charge in [0.05, 0.1) is 11.8 Å². The summed E-state index contributed by atoms with van der Waals surface area (Å²) in [7, 11) is 0. The first kappa shape index (κ1) is 13.2. The van der Waals surface area contributed by atoms with Crippen molar-refractivity contribution < 1.29 is 4.39 Å². The lowest BCUT2D eigenvalue weighted by Gasteiger charge is -2.15. The number of aryl methyl sites for hydroxylation is 1. The molecular weight excluding hydrogens is 241 g/mol. The van der Waals surface area contributed by atoms with Crippen LogP contribution in [0.15, 0.2) is 30.3 Å². The summed E-state index contributed by atoms with van der Waals surface area (Å²) < 4.78 is 13.8. The predicted octanol–water partition coefficient (Wildman–Crippen LogP) is 3.39. The molecule has 0 unspecified atom stereocenters. The number of rotatable bonds is 2. The fraction of sp³-hybridized carbons (Fsp3) is 0.267. The second-order valence-corrected chi connectivity index (χ2v) is 4.93. The Labute approximate surface area is 111 Å². The van der Waals surface area contributed by atoms with Gasteiger partial charge in [-0.2, -0.15) is 5.26 Å². The van der Waals surface area contributed by atoms with Gasteiger partial charge in [-0.25, -0.2) is 14.4 Å². The number of hydrogen-bond acceptors (Lipinski definition) is 3. The van der Waals surface area contributed by atoms with Gasteiger partial charge in [-0.15, -0.1) is 0 Å². The summed E-state index contributed by atoms with van der Waals surface area (Å²) in [4.78, 5) is 8.61. The zero-order valence-corrected chi connectivity index (χ0v) is 11.1. The van der Waals surface area contributed by atoms with E-state index in [2.05, 4.69) is 16.0 Å². The summed E-state index contributed by atoms with van der Waals surface area (Å²) in [6.07, 6.45) is 0. The van der Waals surface area contributed by atoms with Crippen LogP contribution in [0.3, 0.4) is 0 Å². The van der Waals surface area contributed by atoms with Gasteiger partial charge in [0.2, 0.25) is 0 Å². The molecule has 0 bridgehead atoms. The van der Waals surface area contributed by atoms with Gasteiger partial charge in [-0.1, -0.05) is 12.1 Å². The number of benzene rings is 1. The molecule has 0 saturated heterocycles. The maximum atomic E-state index is 13.8. The van der Waals surface area contributed by atoms with Crippen LogP contribution in [0.2, 0.25) is 0 Å². The summed E-state index contributed by atoms with van der Waals surface area (Å²) in [5.41, 5.74) is 0.838. The van der Waals surface area contributed by atoms with Crippen LogP contribution in [0.4, 0.5) is 4.39 Å². The van der Waals surface area contributed by atoms with Gasteiger partial charge >= 0.3 is 0 Å². The highest BCUT2D eigenvalue weighted by Gasteiger charge is 2.24. The molecule has 0 N–H and O–H groups in total. The summed E-state index contributed by atoms with van der Waals surface area (Å²) >= 11 is 0. The SMILES string of the molecule is Cc1cc(-c2ccccc2F)nc(C(C)(C)C#N)n1. The maximum absolute atomic E-state index is 13.8. The van der Waals surface area contributed by atoms with E-state index < -0.39 is 5.41 Å². The molecule has 1 aromatic carbocycles. The third kappa shape index (κ3) is 2.60. The molecule has 2 rings (SSSR count). The molecule has 0 radical (unpaired) electrons. The van der Waals surface area contributed by atoms with Gasteiger partial charge in [-0.05, 0) is 39.0 Å². The van der Waals surface area contributed by atoms with Crippen LogP contribution in [0.1, 0.15) is 25.4 Å². The number of nitrogens with zero attached hydrogens (tertiary/aromatic N) is 3. The Morgan fingerprint density at radius 3 is 2.53 bits per heavy atom. The minimum Gasteiger partial charge on any atom is -0.236 e. The average Bonchev–Trinajstić information content (AvgIpc) is 2.38. The zero-order valence-electron chi connectivity index (χ0n) is 11.1. The zero-order chi connectivity index (χ0) is 14.0. The lowest BCUT2D eigenvalue weighted by molar-refractivity contribution is 0.619. The quantitative estimate of drug-likeness (QED) is 0.826. The fourth-order valence-corrected chi connectivity index (χ4v) is 1.70. The highest BCUT2D eigenvalue weighted by Crippen LogP contribution is 2.25. The van der Waals surface area contributed by atoms with Crippen molar-refractivity contribution in [3.05, 3.63) is 47.7 Å². The van der Waals surface area contributed by atoms with E-state index in [-0.39, 0.29) is 5.82 Å². The molecule has 3 nitrogen and oxygen atoms in total. The lowest BCUT2D eigenvalue weighted by atomic mass is 9.94. The van der Waals surface area contributed by atoms with Gasteiger partial charge in [0.25, 0.3) is 0 Å². The topological polar surface area (TPSA) is 49.6 Å². The van der Waals surface area contributed by atoms with Crippen LogP contribution in [0.25, 0.3) is 11.3 Å². The van der Waals surface area contributed by atoms with Crippen molar-refractivity contribution in [2.45, 2.75) is 26.2 Å². The standard InChI is InChI=1S/C15H14FN3/c1-10-8-13(11-6-4-5-7-12(11)16)19-14(18-10)15(2,3)9-17/h4-8H,1-3H3. The number of nitriles is 1. The van der Waals surface area contributed by atoms with E-state index in [4.69, 9.17) is 5.26 Å². The Morgan fingerprint density at radius 2 is 1.89 bits per heavy atom. The molecule has 0 atom stereocenters. The van der Waals surface area contributed by atoms with E-state index in [0.717, 1.165) is 0 Å². The van der Waals surface area contributed by atoms with E-state index >= 15 is 0 Å². The smallest absolute Gasteiger partial charge is 0.148 e. The Kier molecular flexibility index (Phi) is 3.30. The minimum absolute atomic E-state index is 0.332. The van der Waals surface area contributed by atoms with Gasteiger partial charge < -0.3 is 0 Å². The minimum atomic E-state index is -0.800. The second kappa shape index (κ2) is 4.77. The van der Waals surface area contributed by atoms with Gasteiger partial charge in [-0.3, -0.25) is 0 Å². The lowest BCUT2D eigenvalue weighted by Crippen LogP contribution is -2.19. The van der Waals surface area contributed by atoms with Crippen molar-refractivity contribution in [1.29, 1.82) is 5.26 Å². The molecule has 4 heteroatoms. The summed E-state index contributed by atoms with van der Waals surface area (Å²) in [5, 5.41) is 9.15. The van der Waals surface area contributed by atoms with E-state index in [1.54, 1.807) is 38.1 Å². The number of halogens is 1. The van der Waals surface area contributed by atoms with E-state index in [1.165, 1.54) is 6.07 Å². The van der Waals surface area contributed by atoms with Crippen LogP contribution in [-0.2, 0) is 5.41 Å². The molecule has 1 aromatic heterocycles. The number of aromatic nitrogens is 2. The molecule has 0 amide bonds. The van der Waals surface area contributed by atoms with Crippen LogP contribution < -0.4 is 0 Å². The Morgan fingerprint density at radius 1 is 1.21 bits per heavy atom. The fourth-order valence-electron chi connectivity index (χ4n) is 1.70. The molecular formula is C15H14FN3. The largest absolute Gasteiger partial charge is 0.236 e. The predicted molar refractivity (Wildman–Crippen MR) is 70.8 cm³/mol. The normalized spacial score (nSPS) is 11.1. The van der Waals surface area contributed by atoms with E-state index in [9.17, 15) is 4.39 Å². The van der Waals surface area contributed by atoms with Crippen molar-refractivity contribution in [2.24, 2.45) is 0 Å². The Balaban J connectivity index is 2.62. The molecule has 96 valence electrons. The van der Waals surface area contributed by atoms with Crippen molar-refractivity contribution >= 4 is 0 Å². The maximum Gasteiger partial charge on any atom is 0.148 e. The first-order chi connectivity index (χ1) is 8.94. The van der Waals surface area contributed by atoms with Crippen molar-refractivity contribution in [3.63, 3.8) is 0 Å². The van der Waals surface area contributed by atoms with Crippen molar-refractivity contribution in [2.75, 3.05) is 0 Å². The van der Waals surface area contributed by atoms with Crippen LogP contribution >= 0.6 is 0 Å². The van der Waals surface area contributed by atoms with Crippen molar-refractivity contribution in [1.82, 2.24) is 9.97 Å². The molecule has 0 aliphatic rings. The first-order valence-corrected chi connectivity index (χ1v) is 5.96. The van der Waals surface area contributed by atoms with Gasteiger partial charge in [0.15, 0.2) is 0 Å². The van der Waals surface area contributed by atoms with E-state index in [1.807, 2.05) is 6.92 Å².